The highest BCUT2D eigenvalue weighted by molar-refractivity contribution is 5.49. The summed E-state index contributed by atoms with van der Waals surface area (Å²) in [7, 11) is 0. The molecule has 116 valence electrons. The zero-order valence-electron chi connectivity index (χ0n) is 12.5. The van der Waals surface area contributed by atoms with Crippen molar-refractivity contribution in [3.63, 3.8) is 0 Å². The summed E-state index contributed by atoms with van der Waals surface area (Å²) in [5, 5.41) is 0. The molecule has 0 spiro atoms. The first-order valence-electron chi connectivity index (χ1n) is 6.43. The van der Waals surface area contributed by atoms with Crippen molar-refractivity contribution in [2.45, 2.75) is 27.2 Å². The molecule has 0 aliphatic carbocycles. The predicted molar refractivity (Wildman–Crippen MR) is 82.0 cm³/mol. The number of allylic oxidation sites excluding steroid dienone is 3. The van der Waals surface area contributed by atoms with Crippen molar-refractivity contribution in [1.82, 2.24) is 4.98 Å². The molecule has 1 aromatic heterocycles. The Morgan fingerprint density at radius 2 is 2.10 bits per heavy atom. The molecule has 1 heterocycles. The third kappa shape index (κ3) is 6.18. The second-order valence-electron chi connectivity index (χ2n) is 3.75. The standard InChI is InChI=1S/C13H15F2N3O.C2H6/c1-4-10(15)12(6-9(3)14)19-13-5-8(2)11(18-16)7-17-13;1-2/h4-5,7,18H,1,3,6,16H2,2H3;1-2H3/b12-10-;. The largest absolute Gasteiger partial charge is 0.440 e. The Bertz CT molecular complexity index is 528. The number of hydrogen-bond donors (Lipinski definition) is 2. The van der Waals surface area contributed by atoms with Crippen LogP contribution in [0.15, 0.2) is 48.9 Å². The van der Waals surface area contributed by atoms with Gasteiger partial charge in [0.2, 0.25) is 5.88 Å². The number of nitrogens with two attached hydrogens (primary N) is 1. The first-order valence-corrected chi connectivity index (χ1v) is 6.43. The molecular formula is C15H21F2N3O. The number of anilines is 1. The summed E-state index contributed by atoms with van der Waals surface area (Å²) in [5.74, 6) is 3.68. The first-order chi connectivity index (χ1) is 9.97. The molecule has 0 amide bonds. The van der Waals surface area contributed by atoms with Crippen molar-refractivity contribution in [1.29, 1.82) is 0 Å². The van der Waals surface area contributed by atoms with E-state index >= 15 is 0 Å². The van der Waals surface area contributed by atoms with Crippen LogP contribution in [0.4, 0.5) is 14.5 Å². The van der Waals surface area contributed by atoms with Crippen LogP contribution in [0.1, 0.15) is 25.8 Å². The van der Waals surface area contributed by atoms with E-state index in [-0.39, 0.29) is 18.1 Å². The van der Waals surface area contributed by atoms with Gasteiger partial charge in [-0.2, -0.15) is 0 Å². The van der Waals surface area contributed by atoms with E-state index in [1.165, 1.54) is 6.20 Å². The number of hydrazine groups is 1. The van der Waals surface area contributed by atoms with Crippen LogP contribution >= 0.6 is 0 Å². The lowest BCUT2D eigenvalue weighted by molar-refractivity contribution is 0.365. The molecule has 0 bridgehead atoms. The number of hydrogen-bond acceptors (Lipinski definition) is 4. The average Bonchev–Trinajstić information content (AvgIpc) is 2.47. The van der Waals surface area contributed by atoms with Crippen LogP contribution in [0, 0.1) is 6.92 Å². The number of pyridine rings is 1. The smallest absolute Gasteiger partial charge is 0.219 e. The SMILES string of the molecule is C=C/C(F)=C(\CC(=C)F)Oc1cc(C)c(NN)cn1.CC. The highest BCUT2D eigenvalue weighted by Crippen LogP contribution is 2.23. The van der Waals surface area contributed by atoms with Gasteiger partial charge in [0.25, 0.3) is 0 Å². The maximum absolute atomic E-state index is 13.5. The van der Waals surface area contributed by atoms with Crippen LogP contribution < -0.4 is 16.0 Å². The monoisotopic (exact) mass is 297 g/mol. The summed E-state index contributed by atoms with van der Waals surface area (Å²) in [6.07, 6.45) is 1.98. The Morgan fingerprint density at radius 1 is 1.48 bits per heavy atom. The van der Waals surface area contributed by atoms with Gasteiger partial charge in [0.15, 0.2) is 5.83 Å². The minimum atomic E-state index is -0.765. The van der Waals surface area contributed by atoms with Crippen LogP contribution in [-0.4, -0.2) is 4.98 Å². The molecule has 0 unspecified atom stereocenters. The molecule has 4 nitrogen and oxygen atoms in total. The number of nitrogen functional groups attached to an aromatic ring is 1. The Morgan fingerprint density at radius 3 is 2.52 bits per heavy atom. The maximum Gasteiger partial charge on any atom is 0.219 e. The number of rotatable bonds is 6. The van der Waals surface area contributed by atoms with E-state index in [2.05, 4.69) is 23.6 Å². The molecule has 0 radical (unpaired) electrons. The highest BCUT2D eigenvalue weighted by atomic mass is 19.1. The number of aryl methyl sites for hydroxylation is 1. The van der Waals surface area contributed by atoms with Gasteiger partial charge in [0.05, 0.1) is 18.3 Å². The molecule has 21 heavy (non-hydrogen) atoms. The Kier molecular flexibility index (Phi) is 8.64. The van der Waals surface area contributed by atoms with Crippen LogP contribution in [0.5, 0.6) is 5.88 Å². The van der Waals surface area contributed by atoms with Crippen LogP contribution in [0.3, 0.4) is 0 Å². The van der Waals surface area contributed by atoms with E-state index < -0.39 is 11.7 Å². The molecule has 0 atom stereocenters. The van der Waals surface area contributed by atoms with E-state index in [0.29, 0.717) is 5.69 Å². The van der Waals surface area contributed by atoms with Crippen molar-refractivity contribution in [3.05, 3.63) is 54.5 Å². The lowest BCUT2D eigenvalue weighted by Gasteiger charge is -2.11. The number of aromatic nitrogens is 1. The van der Waals surface area contributed by atoms with Crippen molar-refractivity contribution in [2.24, 2.45) is 5.84 Å². The summed E-state index contributed by atoms with van der Waals surface area (Å²) >= 11 is 0. The second kappa shape index (κ2) is 9.66. The van der Waals surface area contributed by atoms with Crippen molar-refractivity contribution in [3.8, 4) is 5.88 Å². The average molecular weight is 297 g/mol. The molecule has 0 aliphatic rings. The van der Waals surface area contributed by atoms with E-state index in [9.17, 15) is 8.78 Å². The molecular weight excluding hydrogens is 276 g/mol. The number of nitrogens with zero attached hydrogens (tertiary/aromatic N) is 1. The number of ether oxygens (including phenoxy) is 1. The molecule has 6 heteroatoms. The molecule has 0 aliphatic heterocycles. The molecule has 0 saturated heterocycles. The summed E-state index contributed by atoms with van der Waals surface area (Å²) in [5.41, 5.74) is 3.81. The van der Waals surface area contributed by atoms with Gasteiger partial charge >= 0.3 is 0 Å². The Hall–Kier alpha value is -2.21. The zero-order valence-corrected chi connectivity index (χ0v) is 12.5. The Labute approximate surface area is 124 Å². The fourth-order valence-electron chi connectivity index (χ4n) is 1.32. The second-order valence-corrected chi connectivity index (χ2v) is 3.75. The number of halogens is 2. The van der Waals surface area contributed by atoms with Gasteiger partial charge in [-0.25, -0.2) is 13.8 Å². The zero-order chi connectivity index (χ0) is 16.4. The Balaban J connectivity index is 0.00000191. The van der Waals surface area contributed by atoms with E-state index in [1.807, 2.05) is 13.8 Å². The van der Waals surface area contributed by atoms with Gasteiger partial charge in [-0.1, -0.05) is 27.0 Å². The van der Waals surface area contributed by atoms with E-state index in [1.54, 1.807) is 13.0 Å². The predicted octanol–water partition coefficient (Wildman–Crippen LogP) is 4.32. The molecule has 0 saturated carbocycles. The van der Waals surface area contributed by atoms with E-state index in [0.717, 1.165) is 11.6 Å². The summed E-state index contributed by atoms with van der Waals surface area (Å²) in [6.45, 7) is 12.1. The quantitative estimate of drug-likeness (QED) is 0.355. The normalized spacial score (nSPS) is 10.8. The van der Waals surface area contributed by atoms with E-state index in [4.69, 9.17) is 10.6 Å². The minimum absolute atomic E-state index is 0.129. The summed E-state index contributed by atoms with van der Waals surface area (Å²) in [4.78, 5) is 3.92. The number of nitrogens with one attached hydrogen (secondary N) is 1. The van der Waals surface area contributed by atoms with Gasteiger partial charge in [0.1, 0.15) is 11.6 Å². The topological polar surface area (TPSA) is 60.2 Å². The maximum atomic E-state index is 13.5. The third-order valence-electron chi connectivity index (χ3n) is 2.27. The fraction of sp³-hybridized carbons (Fsp3) is 0.267. The third-order valence-corrected chi connectivity index (χ3v) is 2.27. The van der Waals surface area contributed by atoms with Crippen molar-refractivity contribution in [2.75, 3.05) is 5.43 Å². The lowest BCUT2D eigenvalue weighted by atomic mass is 10.2. The molecule has 1 rings (SSSR count). The summed E-state index contributed by atoms with van der Waals surface area (Å²) < 4.78 is 31.5. The van der Waals surface area contributed by atoms with Crippen molar-refractivity contribution < 1.29 is 13.5 Å². The van der Waals surface area contributed by atoms with Crippen LogP contribution in [-0.2, 0) is 0 Å². The summed E-state index contributed by atoms with van der Waals surface area (Å²) in [6, 6.07) is 1.55. The fourth-order valence-corrected chi connectivity index (χ4v) is 1.32. The van der Waals surface area contributed by atoms with Gasteiger partial charge in [-0.05, 0) is 18.6 Å². The van der Waals surface area contributed by atoms with Crippen LogP contribution in [0.2, 0.25) is 0 Å². The van der Waals surface area contributed by atoms with Gasteiger partial charge < -0.3 is 10.2 Å². The molecule has 1 aromatic rings. The molecule has 0 fully saturated rings. The molecule has 3 N–H and O–H groups in total. The van der Waals surface area contributed by atoms with Gasteiger partial charge in [0, 0.05) is 6.07 Å². The van der Waals surface area contributed by atoms with Gasteiger partial charge in [-0.15, -0.1) is 0 Å². The minimum Gasteiger partial charge on any atom is -0.440 e. The van der Waals surface area contributed by atoms with Crippen LogP contribution in [0.25, 0.3) is 0 Å². The lowest BCUT2D eigenvalue weighted by Crippen LogP contribution is -2.09. The highest BCUT2D eigenvalue weighted by Gasteiger charge is 2.11. The van der Waals surface area contributed by atoms with Gasteiger partial charge in [-0.3, -0.25) is 5.84 Å². The molecule has 0 aromatic carbocycles. The van der Waals surface area contributed by atoms with Crippen molar-refractivity contribution >= 4 is 5.69 Å². The first kappa shape index (κ1) is 18.8.